The molecular weight excluding hydrogens is 468 g/mol. The number of rotatable bonds is 7. The number of nitrogens with zero attached hydrogens (tertiary/aromatic N) is 1. The molecule has 176 valence electrons. The number of fused-ring (bicyclic) bond motifs is 1. The van der Waals surface area contributed by atoms with Crippen molar-refractivity contribution in [1.29, 1.82) is 0 Å². The summed E-state index contributed by atoms with van der Waals surface area (Å²) in [6.45, 7) is 0.831. The molecule has 8 nitrogen and oxygen atoms in total. The summed E-state index contributed by atoms with van der Waals surface area (Å²) in [6, 6.07) is 11.5. The average Bonchev–Trinajstić information content (AvgIpc) is 3.35. The second-order valence-electron chi connectivity index (χ2n) is 7.99. The highest BCUT2D eigenvalue weighted by molar-refractivity contribution is 7.89. The number of hydrogen-bond acceptors (Lipinski definition) is 6. The minimum absolute atomic E-state index is 0.0104. The van der Waals surface area contributed by atoms with Crippen LogP contribution in [0.2, 0.25) is 5.02 Å². The maximum absolute atomic E-state index is 12.7. The van der Waals surface area contributed by atoms with E-state index < -0.39 is 22.6 Å². The van der Waals surface area contributed by atoms with Crippen LogP contribution in [0.4, 0.5) is 5.69 Å². The number of sulfonamides is 1. The minimum Gasteiger partial charge on any atom is -0.452 e. The first-order chi connectivity index (χ1) is 15.8. The Morgan fingerprint density at radius 3 is 2.79 bits per heavy atom. The molecule has 1 fully saturated rings. The van der Waals surface area contributed by atoms with Gasteiger partial charge in [-0.1, -0.05) is 29.8 Å². The molecule has 0 radical (unpaired) electrons. The molecule has 2 aliphatic rings. The predicted molar refractivity (Wildman–Crippen MR) is 123 cm³/mol. The maximum Gasteiger partial charge on any atom is 0.338 e. The van der Waals surface area contributed by atoms with Crippen molar-refractivity contribution in [2.45, 2.75) is 36.7 Å². The highest BCUT2D eigenvalue weighted by Gasteiger charge is 2.25. The van der Waals surface area contributed by atoms with Crippen molar-refractivity contribution in [3.8, 4) is 0 Å². The third-order valence-corrected chi connectivity index (χ3v) is 7.62. The number of halogens is 1. The Kier molecular flexibility index (Phi) is 7.33. The van der Waals surface area contributed by atoms with Gasteiger partial charge in [0.25, 0.3) is 5.91 Å². The standard InChI is InChI=1S/C23H25ClN2O6S/c24-19-10-9-17(13-21(19)33(29,30)25-14-18-7-4-12-31-18)23(28)32-15-22(27)26-11-3-6-16-5-1-2-8-20(16)26/h1-2,5,8-10,13,18,25H,3-4,6-7,11-12,14-15H2. The van der Waals surface area contributed by atoms with Crippen LogP contribution in [0.15, 0.2) is 47.4 Å². The van der Waals surface area contributed by atoms with Gasteiger partial charge in [0.1, 0.15) is 4.90 Å². The summed E-state index contributed by atoms with van der Waals surface area (Å²) in [5, 5.41) is -0.0209. The maximum atomic E-state index is 12.7. The first-order valence-electron chi connectivity index (χ1n) is 10.8. The lowest BCUT2D eigenvalue weighted by atomic mass is 10.0. The first kappa shape index (κ1) is 23.7. The van der Waals surface area contributed by atoms with E-state index in [1.165, 1.54) is 12.1 Å². The largest absolute Gasteiger partial charge is 0.452 e. The summed E-state index contributed by atoms with van der Waals surface area (Å²) in [7, 11) is -3.96. The molecule has 4 rings (SSSR count). The number of esters is 1. The van der Waals surface area contributed by atoms with E-state index in [1.807, 2.05) is 24.3 Å². The molecule has 1 amide bonds. The molecule has 2 aromatic rings. The summed E-state index contributed by atoms with van der Waals surface area (Å²) in [6.07, 6.45) is 3.20. The summed E-state index contributed by atoms with van der Waals surface area (Å²) in [4.78, 5) is 26.6. The molecule has 1 N–H and O–H groups in total. The molecule has 10 heteroatoms. The molecule has 2 heterocycles. The van der Waals surface area contributed by atoms with Crippen molar-refractivity contribution in [3.05, 3.63) is 58.6 Å². The summed E-state index contributed by atoms with van der Waals surface area (Å²) in [5.41, 5.74) is 1.89. The van der Waals surface area contributed by atoms with E-state index in [1.54, 1.807) is 4.90 Å². The van der Waals surface area contributed by atoms with Crippen molar-refractivity contribution < 1.29 is 27.5 Å². The number of aryl methyl sites for hydroxylation is 1. The monoisotopic (exact) mass is 492 g/mol. The van der Waals surface area contributed by atoms with Crippen molar-refractivity contribution in [1.82, 2.24) is 4.72 Å². The van der Waals surface area contributed by atoms with Gasteiger partial charge in [-0.25, -0.2) is 17.9 Å². The van der Waals surface area contributed by atoms with Crippen molar-refractivity contribution in [2.24, 2.45) is 0 Å². The fourth-order valence-corrected chi connectivity index (χ4v) is 5.59. The fourth-order valence-electron chi connectivity index (χ4n) is 4.00. The van der Waals surface area contributed by atoms with Crippen LogP contribution in [0.3, 0.4) is 0 Å². The van der Waals surface area contributed by atoms with Crippen LogP contribution >= 0.6 is 11.6 Å². The molecule has 0 aliphatic carbocycles. The van der Waals surface area contributed by atoms with Gasteiger partial charge >= 0.3 is 5.97 Å². The predicted octanol–water partition coefficient (Wildman–Crippen LogP) is 2.93. The zero-order chi connectivity index (χ0) is 23.4. The lowest BCUT2D eigenvalue weighted by Gasteiger charge is -2.29. The third kappa shape index (κ3) is 5.55. The molecule has 0 aromatic heterocycles. The first-order valence-corrected chi connectivity index (χ1v) is 12.7. The van der Waals surface area contributed by atoms with Gasteiger partial charge in [0.2, 0.25) is 10.0 Å². The van der Waals surface area contributed by atoms with E-state index in [-0.39, 0.29) is 34.0 Å². The van der Waals surface area contributed by atoms with Crippen LogP contribution in [0, 0.1) is 0 Å². The van der Waals surface area contributed by atoms with Gasteiger partial charge in [-0.05, 0) is 55.5 Å². The molecule has 1 saturated heterocycles. The highest BCUT2D eigenvalue weighted by Crippen LogP contribution is 2.27. The van der Waals surface area contributed by atoms with Gasteiger partial charge in [-0.15, -0.1) is 0 Å². The minimum atomic E-state index is -3.96. The Morgan fingerprint density at radius 2 is 2.00 bits per heavy atom. The summed E-state index contributed by atoms with van der Waals surface area (Å²) < 4.78 is 38.5. The molecule has 33 heavy (non-hydrogen) atoms. The molecule has 0 bridgehead atoms. The van der Waals surface area contributed by atoms with Crippen molar-refractivity contribution >= 4 is 39.2 Å². The fraction of sp³-hybridized carbons (Fsp3) is 0.391. The van der Waals surface area contributed by atoms with E-state index in [4.69, 9.17) is 21.1 Å². The normalized spacial score (nSPS) is 18.1. The van der Waals surface area contributed by atoms with Gasteiger partial charge in [0, 0.05) is 25.4 Å². The lowest BCUT2D eigenvalue weighted by molar-refractivity contribution is -0.121. The zero-order valence-corrected chi connectivity index (χ0v) is 19.5. The van der Waals surface area contributed by atoms with Crippen LogP contribution in [0.25, 0.3) is 0 Å². The van der Waals surface area contributed by atoms with E-state index >= 15 is 0 Å². The molecular formula is C23H25ClN2O6S. The molecule has 0 saturated carbocycles. The molecule has 1 unspecified atom stereocenters. The van der Waals surface area contributed by atoms with Crippen molar-refractivity contribution in [3.63, 3.8) is 0 Å². The number of nitrogens with one attached hydrogen (secondary N) is 1. The Bertz CT molecular complexity index is 1150. The Morgan fingerprint density at radius 1 is 1.18 bits per heavy atom. The Hall–Kier alpha value is -2.46. The SMILES string of the molecule is O=C(OCC(=O)N1CCCc2ccccc21)c1ccc(Cl)c(S(=O)(=O)NCC2CCCO2)c1. The number of ether oxygens (including phenoxy) is 2. The molecule has 1 atom stereocenters. The number of carbonyl (C=O) groups is 2. The lowest BCUT2D eigenvalue weighted by Crippen LogP contribution is -2.38. The van der Waals surface area contributed by atoms with Crippen molar-refractivity contribution in [2.75, 3.05) is 31.2 Å². The summed E-state index contributed by atoms with van der Waals surface area (Å²) >= 11 is 6.09. The van der Waals surface area contributed by atoms with Gasteiger partial charge in [-0.2, -0.15) is 0 Å². The number of amides is 1. The van der Waals surface area contributed by atoms with Gasteiger partial charge in [-0.3, -0.25) is 4.79 Å². The van der Waals surface area contributed by atoms with E-state index in [0.717, 1.165) is 43.0 Å². The number of hydrogen-bond donors (Lipinski definition) is 1. The molecule has 0 spiro atoms. The van der Waals surface area contributed by atoms with Gasteiger partial charge in [0.15, 0.2) is 6.61 Å². The van der Waals surface area contributed by atoms with E-state index in [2.05, 4.69) is 4.72 Å². The Balaban J connectivity index is 1.41. The number of carbonyl (C=O) groups excluding carboxylic acids is 2. The molecule has 2 aliphatic heterocycles. The van der Waals surface area contributed by atoms with Gasteiger partial charge < -0.3 is 14.4 Å². The van der Waals surface area contributed by atoms with E-state index in [0.29, 0.717) is 13.2 Å². The van der Waals surface area contributed by atoms with Crippen LogP contribution in [0.5, 0.6) is 0 Å². The topological polar surface area (TPSA) is 102 Å². The number of benzene rings is 2. The smallest absolute Gasteiger partial charge is 0.338 e. The third-order valence-electron chi connectivity index (χ3n) is 5.72. The number of para-hydroxylation sites is 1. The number of anilines is 1. The van der Waals surface area contributed by atoms with Crippen LogP contribution in [0.1, 0.15) is 35.2 Å². The van der Waals surface area contributed by atoms with Crippen LogP contribution in [-0.2, 0) is 30.7 Å². The second kappa shape index (κ2) is 10.2. The van der Waals surface area contributed by atoms with Crippen LogP contribution < -0.4 is 9.62 Å². The second-order valence-corrected chi connectivity index (χ2v) is 10.1. The summed E-state index contributed by atoms with van der Waals surface area (Å²) in [5.74, 6) is -1.14. The van der Waals surface area contributed by atoms with Gasteiger partial charge in [0.05, 0.1) is 16.7 Å². The Labute approximate surface area is 197 Å². The highest BCUT2D eigenvalue weighted by atomic mass is 35.5. The zero-order valence-electron chi connectivity index (χ0n) is 18.0. The van der Waals surface area contributed by atoms with Crippen LogP contribution in [-0.4, -0.2) is 52.7 Å². The van der Waals surface area contributed by atoms with E-state index in [9.17, 15) is 18.0 Å². The average molecular weight is 493 g/mol. The quantitative estimate of drug-likeness (QED) is 0.596. The molecule has 2 aromatic carbocycles.